The van der Waals surface area contributed by atoms with E-state index in [2.05, 4.69) is 15.6 Å². The molecule has 1 rings (SSSR count). The van der Waals surface area contributed by atoms with Crippen LogP contribution in [0, 0.1) is 0 Å². The smallest absolute Gasteiger partial charge is 0.308 e. The molecule has 0 saturated carbocycles. The zero-order valence-corrected chi connectivity index (χ0v) is 17.2. The topological polar surface area (TPSA) is 83.0 Å². The minimum absolute atomic E-state index is 0.00608. The molecule has 7 nitrogen and oxygen atoms in total. The van der Waals surface area contributed by atoms with Crippen molar-refractivity contribution in [3.05, 3.63) is 35.9 Å². The second-order valence-corrected chi connectivity index (χ2v) is 7.49. The number of ether oxygens (including phenoxy) is 1. The third-order valence-corrected chi connectivity index (χ3v) is 3.57. The van der Waals surface area contributed by atoms with E-state index >= 15 is 0 Å². The second kappa shape index (κ2) is 10.5. The minimum Gasteiger partial charge on any atom is -0.460 e. The lowest BCUT2D eigenvalue weighted by Gasteiger charge is -2.21. The number of nitrogens with zero attached hydrogens (tertiary/aromatic N) is 2. The van der Waals surface area contributed by atoms with Crippen molar-refractivity contribution < 1.29 is 14.3 Å². The third kappa shape index (κ3) is 9.63. The van der Waals surface area contributed by atoms with E-state index in [1.54, 1.807) is 14.1 Å². The molecule has 0 aromatic heterocycles. The van der Waals surface area contributed by atoms with Gasteiger partial charge in [0, 0.05) is 20.6 Å². The zero-order chi connectivity index (χ0) is 20.4. The van der Waals surface area contributed by atoms with Crippen molar-refractivity contribution >= 4 is 17.8 Å². The number of amides is 1. The van der Waals surface area contributed by atoms with Gasteiger partial charge in [0.2, 0.25) is 5.91 Å². The third-order valence-electron chi connectivity index (χ3n) is 3.57. The number of nitrogens with one attached hydrogen (secondary N) is 2. The van der Waals surface area contributed by atoms with Gasteiger partial charge < -0.3 is 20.3 Å². The number of likely N-dealkylation sites (N-methyl/N-ethyl adjacent to an activating group) is 1. The van der Waals surface area contributed by atoms with Gasteiger partial charge in [0.25, 0.3) is 0 Å². The highest BCUT2D eigenvalue weighted by molar-refractivity contribution is 5.85. The minimum atomic E-state index is -0.508. The molecule has 1 aromatic carbocycles. The molecule has 0 saturated heterocycles. The molecule has 27 heavy (non-hydrogen) atoms. The van der Waals surface area contributed by atoms with Crippen LogP contribution in [0.25, 0.3) is 0 Å². The Labute approximate surface area is 162 Å². The quantitative estimate of drug-likeness (QED) is 0.433. The van der Waals surface area contributed by atoms with Crippen LogP contribution >= 0.6 is 0 Å². The number of aliphatic imine (C=N–C) groups is 1. The highest BCUT2D eigenvalue weighted by Gasteiger charge is 2.16. The average Bonchev–Trinajstić information content (AvgIpc) is 2.58. The van der Waals surface area contributed by atoms with Crippen molar-refractivity contribution in [2.45, 2.75) is 45.8 Å². The van der Waals surface area contributed by atoms with Crippen LogP contribution in [0.15, 0.2) is 35.3 Å². The molecule has 1 unspecified atom stereocenters. The van der Waals surface area contributed by atoms with Crippen molar-refractivity contribution in [2.75, 3.05) is 27.2 Å². The molecule has 1 aromatic rings. The fraction of sp³-hybridized carbons (Fsp3) is 0.550. The summed E-state index contributed by atoms with van der Waals surface area (Å²) in [4.78, 5) is 29.5. The SMILES string of the molecule is CC(NC(=NCC(=O)N(C)C)NCCC(=O)OC(C)(C)C)c1ccccc1. The lowest BCUT2D eigenvalue weighted by atomic mass is 10.1. The highest BCUT2D eigenvalue weighted by atomic mass is 16.6. The lowest BCUT2D eigenvalue weighted by Crippen LogP contribution is -2.41. The second-order valence-electron chi connectivity index (χ2n) is 7.49. The van der Waals surface area contributed by atoms with E-state index in [1.807, 2.05) is 58.0 Å². The number of esters is 1. The summed E-state index contributed by atoms with van der Waals surface area (Å²) in [7, 11) is 3.38. The van der Waals surface area contributed by atoms with E-state index in [-0.39, 0.29) is 30.9 Å². The highest BCUT2D eigenvalue weighted by Crippen LogP contribution is 2.11. The van der Waals surface area contributed by atoms with Gasteiger partial charge in [-0.05, 0) is 33.3 Å². The normalized spacial score (nSPS) is 12.9. The van der Waals surface area contributed by atoms with Crippen LogP contribution in [0.1, 0.15) is 45.7 Å². The molecular formula is C20H32N4O3. The Kier molecular flexibility index (Phi) is 8.78. The molecule has 1 atom stereocenters. The lowest BCUT2D eigenvalue weighted by molar-refractivity contribution is -0.154. The fourth-order valence-corrected chi connectivity index (χ4v) is 2.15. The van der Waals surface area contributed by atoms with Gasteiger partial charge in [0.05, 0.1) is 12.5 Å². The molecule has 150 valence electrons. The van der Waals surface area contributed by atoms with Crippen molar-refractivity contribution in [1.29, 1.82) is 0 Å². The Morgan fingerprint density at radius 1 is 1.19 bits per heavy atom. The van der Waals surface area contributed by atoms with Crippen molar-refractivity contribution in [3.63, 3.8) is 0 Å². The number of guanidine groups is 1. The van der Waals surface area contributed by atoms with E-state index < -0.39 is 5.60 Å². The fourth-order valence-electron chi connectivity index (χ4n) is 2.15. The van der Waals surface area contributed by atoms with Crippen LogP contribution in [0.5, 0.6) is 0 Å². The van der Waals surface area contributed by atoms with Crippen LogP contribution < -0.4 is 10.6 Å². The number of carbonyl (C=O) groups excluding carboxylic acids is 2. The maximum Gasteiger partial charge on any atom is 0.308 e. The van der Waals surface area contributed by atoms with E-state index in [0.717, 1.165) is 5.56 Å². The molecule has 0 aliphatic rings. The first-order chi connectivity index (χ1) is 12.6. The largest absolute Gasteiger partial charge is 0.460 e. The van der Waals surface area contributed by atoms with E-state index in [0.29, 0.717) is 12.5 Å². The molecule has 0 fully saturated rings. The molecule has 7 heteroatoms. The van der Waals surface area contributed by atoms with Crippen LogP contribution in [0.4, 0.5) is 0 Å². The summed E-state index contributed by atoms with van der Waals surface area (Å²) in [5.41, 5.74) is 0.588. The number of hydrogen-bond acceptors (Lipinski definition) is 4. The monoisotopic (exact) mass is 376 g/mol. The van der Waals surface area contributed by atoms with Gasteiger partial charge in [-0.15, -0.1) is 0 Å². The van der Waals surface area contributed by atoms with E-state index in [9.17, 15) is 9.59 Å². The molecule has 0 heterocycles. The van der Waals surface area contributed by atoms with Gasteiger partial charge in [-0.25, -0.2) is 4.99 Å². The first-order valence-electron chi connectivity index (χ1n) is 9.10. The maximum absolute atomic E-state index is 11.9. The summed E-state index contributed by atoms with van der Waals surface area (Å²) in [6, 6.07) is 9.92. The Hall–Kier alpha value is -2.57. The first-order valence-corrected chi connectivity index (χ1v) is 9.10. The molecule has 0 aliphatic carbocycles. The molecule has 2 N–H and O–H groups in total. The summed E-state index contributed by atoms with van der Waals surface area (Å²) in [5, 5.41) is 6.36. The summed E-state index contributed by atoms with van der Waals surface area (Å²) < 4.78 is 5.30. The van der Waals surface area contributed by atoms with Crippen molar-refractivity contribution in [3.8, 4) is 0 Å². The Morgan fingerprint density at radius 2 is 1.81 bits per heavy atom. The van der Waals surface area contributed by atoms with Crippen molar-refractivity contribution in [1.82, 2.24) is 15.5 Å². The Bertz CT molecular complexity index is 636. The molecule has 1 amide bonds. The Morgan fingerprint density at radius 3 is 2.37 bits per heavy atom. The Balaban J connectivity index is 2.69. The van der Waals surface area contributed by atoms with Crippen molar-refractivity contribution in [2.24, 2.45) is 4.99 Å². The van der Waals surface area contributed by atoms with Gasteiger partial charge in [-0.1, -0.05) is 30.3 Å². The summed E-state index contributed by atoms with van der Waals surface area (Å²) >= 11 is 0. The molecule has 0 spiro atoms. The van der Waals surface area contributed by atoms with Gasteiger partial charge >= 0.3 is 5.97 Å². The summed E-state index contributed by atoms with van der Waals surface area (Å²) in [6.45, 7) is 7.90. The summed E-state index contributed by atoms with van der Waals surface area (Å²) in [6.07, 6.45) is 0.208. The van der Waals surface area contributed by atoms with Gasteiger partial charge in [-0.3, -0.25) is 9.59 Å². The van der Waals surface area contributed by atoms with Crippen LogP contribution in [0.3, 0.4) is 0 Å². The first kappa shape index (κ1) is 22.5. The van der Waals surface area contributed by atoms with Gasteiger partial charge in [0.15, 0.2) is 5.96 Å². The van der Waals surface area contributed by atoms with Crippen LogP contribution in [0.2, 0.25) is 0 Å². The standard InChI is InChI=1S/C20H32N4O3/c1-15(16-10-8-7-9-11-16)23-19(22-14-17(25)24(5)6)21-13-12-18(26)27-20(2,3)4/h7-11,15H,12-14H2,1-6H3,(H2,21,22,23). The average molecular weight is 377 g/mol. The van der Waals surface area contributed by atoms with E-state index in [1.165, 1.54) is 4.90 Å². The molecule has 0 bridgehead atoms. The molecule has 0 aliphatic heterocycles. The zero-order valence-electron chi connectivity index (χ0n) is 17.2. The molecular weight excluding hydrogens is 344 g/mol. The predicted octanol–water partition coefficient (Wildman–Crippen LogP) is 2.10. The number of carbonyl (C=O) groups is 2. The number of rotatable bonds is 7. The van der Waals surface area contributed by atoms with Crippen LogP contribution in [-0.4, -0.2) is 55.5 Å². The van der Waals surface area contributed by atoms with Gasteiger partial charge in [0.1, 0.15) is 12.1 Å². The van der Waals surface area contributed by atoms with Gasteiger partial charge in [-0.2, -0.15) is 0 Å². The van der Waals surface area contributed by atoms with Crippen LogP contribution in [-0.2, 0) is 14.3 Å². The summed E-state index contributed by atoms with van der Waals surface area (Å²) in [5.74, 6) is 0.0931. The number of hydrogen-bond donors (Lipinski definition) is 2. The predicted molar refractivity (Wildman–Crippen MR) is 107 cm³/mol. The van der Waals surface area contributed by atoms with E-state index in [4.69, 9.17) is 4.74 Å². The maximum atomic E-state index is 11.9. The molecule has 0 radical (unpaired) electrons. The number of benzene rings is 1.